The van der Waals surface area contributed by atoms with Crippen LogP contribution in [0.25, 0.3) is 0 Å². The molecule has 0 aliphatic carbocycles. The number of hydrogen-bond acceptors (Lipinski definition) is 2. The molecule has 0 saturated carbocycles. The summed E-state index contributed by atoms with van der Waals surface area (Å²) in [6.45, 7) is 2.42. The topological polar surface area (TPSA) is 44.4 Å². The molecule has 4 nitrogen and oxygen atoms in total. The van der Waals surface area contributed by atoms with E-state index in [1.165, 1.54) is 18.4 Å². The number of rotatable bonds is 4. The summed E-state index contributed by atoms with van der Waals surface area (Å²) in [5.74, 6) is -0.0623. The number of hydrogen-bond donors (Lipinski definition) is 2. The Bertz CT molecular complexity index is 743. The molecule has 5 heteroatoms. The average molecular weight is 339 g/mol. The lowest BCUT2D eigenvalue weighted by molar-refractivity contribution is -0.115. The first kappa shape index (κ1) is 16.5. The molecule has 2 aromatic rings. The highest BCUT2D eigenvalue weighted by Crippen LogP contribution is 2.29. The molecule has 1 amide bonds. The van der Waals surface area contributed by atoms with Crippen molar-refractivity contribution in [2.75, 3.05) is 22.1 Å². The first-order valence-electron chi connectivity index (χ1n) is 8.23. The maximum absolute atomic E-state index is 11.9. The third kappa shape index (κ3) is 3.74. The van der Waals surface area contributed by atoms with E-state index in [0.29, 0.717) is 5.11 Å². The van der Waals surface area contributed by atoms with Crippen molar-refractivity contribution in [3.8, 4) is 0 Å². The monoisotopic (exact) mass is 339 g/mol. The molecule has 2 aromatic carbocycles. The van der Waals surface area contributed by atoms with Gasteiger partial charge in [-0.2, -0.15) is 0 Å². The Labute approximate surface area is 147 Å². The lowest BCUT2D eigenvalue weighted by atomic mass is 10.1. The van der Waals surface area contributed by atoms with Gasteiger partial charge in [0.25, 0.3) is 0 Å². The van der Waals surface area contributed by atoms with Gasteiger partial charge in [-0.3, -0.25) is 4.79 Å². The van der Waals surface area contributed by atoms with E-state index < -0.39 is 0 Å². The average Bonchev–Trinajstić information content (AvgIpc) is 2.60. The lowest BCUT2D eigenvalue weighted by Crippen LogP contribution is -2.44. The van der Waals surface area contributed by atoms with Gasteiger partial charge in [0.1, 0.15) is 6.54 Å². The van der Waals surface area contributed by atoms with Crippen molar-refractivity contribution in [3.05, 3.63) is 54.1 Å². The Morgan fingerprint density at radius 3 is 2.71 bits per heavy atom. The van der Waals surface area contributed by atoms with Gasteiger partial charge in [-0.05, 0) is 54.9 Å². The standard InChI is InChI=1S/C19H21N3OS/c1-2-3-6-14-9-11-15(12-10-14)20-19(24)22-13-18(23)21-16-7-4-5-8-17(16)22/h4-5,7-12H,2-3,6,13H2,1H3,(H,20,24)(H,21,23). The summed E-state index contributed by atoms with van der Waals surface area (Å²) < 4.78 is 0. The van der Waals surface area contributed by atoms with Crippen LogP contribution in [-0.2, 0) is 11.2 Å². The Kier molecular flexibility index (Phi) is 5.11. The molecular weight excluding hydrogens is 318 g/mol. The number of anilines is 3. The van der Waals surface area contributed by atoms with Gasteiger partial charge in [-0.1, -0.05) is 37.6 Å². The van der Waals surface area contributed by atoms with Gasteiger partial charge >= 0.3 is 0 Å². The number of thiocarbonyl (C=S) groups is 1. The number of carbonyl (C=O) groups is 1. The maximum Gasteiger partial charge on any atom is 0.244 e. The fourth-order valence-corrected chi connectivity index (χ4v) is 3.02. The molecule has 124 valence electrons. The van der Waals surface area contributed by atoms with Crippen LogP contribution < -0.4 is 15.5 Å². The van der Waals surface area contributed by atoms with Crippen LogP contribution in [0.5, 0.6) is 0 Å². The Morgan fingerprint density at radius 2 is 1.96 bits per heavy atom. The maximum atomic E-state index is 11.9. The molecule has 1 aliphatic heterocycles. The van der Waals surface area contributed by atoms with Gasteiger partial charge in [0.05, 0.1) is 11.4 Å². The molecular formula is C19H21N3OS. The van der Waals surface area contributed by atoms with E-state index in [1.807, 2.05) is 41.3 Å². The van der Waals surface area contributed by atoms with Crippen molar-refractivity contribution in [3.63, 3.8) is 0 Å². The number of nitrogens with zero attached hydrogens (tertiary/aromatic N) is 1. The van der Waals surface area contributed by atoms with Crippen molar-refractivity contribution < 1.29 is 4.79 Å². The van der Waals surface area contributed by atoms with Gasteiger partial charge in [0.2, 0.25) is 5.91 Å². The van der Waals surface area contributed by atoms with Crippen molar-refractivity contribution in [2.24, 2.45) is 0 Å². The first-order chi connectivity index (χ1) is 11.7. The number of unbranched alkanes of at least 4 members (excludes halogenated alkanes) is 1. The smallest absolute Gasteiger partial charge is 0.244 e. The van der Waals surface area contributed by atoms with Crippen LogP contribution in [0, 0.1) is 0 Å². The largest absolute Gasteiger partial charge is 0.332 e. The molecule has 0 bridgehead atoms. The molecule has 0 aromatic heterocycles. The van der Waals surface area contributed by atoms with Gasteiger partial charge in [0.15, 0.2) is 5.11 Å². The predicted octanol–water partition coefficient (Wildman–Crippen LogP) is 4.18. The molecule has 1 heterocycles. The fraction of sp³-hybridized carbons (Fsp3) is 0.263. The Balaban J connectivity index is 1.72. The second-order valence-electron chi connectivity index (χ2n) is 5.88. The molecule has 0 atom stereocenters. The zero-order valence-electron chi connectivity index (χ0n) is 13.7. The molecule has 0 radical (unpaired) electrons. The normalized spacial score (nSPS) is 13.2. The van der Waals surface area contributed by atoms with Crippen molar-refractivity contribution in [2.45, 2.75) is 26.2 Å². The predicted molar refractivity (Wildman–Crippen MR) is 104 cm³/mol. The number of fused-ring (bicyclic) bond motifs is 1. The SMILES string of the molecule is CCCCc1ccc(NC(=S)N2CC(=O)Nc3ccccc32)cc1. The number of amides is 1. The third-order valence-electron chi connectivity index (χ3n) is 4.04. The van der Waals surface area contributed by atoms with Crippen molar-refractivity contribution >= 4 is 40.3 Å². The van der Waals surface area contributed by atoms with Crippen LogP contribution in [0.15, 0.2) is 48.5 Å². The van der Waals surface area contributed by atoms with E-state index in [4.69, 9.17) is 12.2 Å². The highest BCUT2D eigenvalue weighted by molar-refractivity contribution is 7.80. The summed E-state index contributed by atoms with van der Waals surface area (Å²) in [5.41, 5.74) is 3.96. The van der Waals surface area contributed by atoms with Crippen LogP contribution in [0.2, 0.25) is 0 Å². The van der Waals surface area contributed by atoms with E-state index in [2.05, 4.69) is 29.7 Å². The highest BCUT2D eigenvalue weighted by atomic mass is 32.1. The fourth-order valence-electron chi connectivity index (χ4n) is 2.74. The van der Waals surface area contributed by atoms with Crippen molar-refractivity contribution in [1.29, 1.82) is 0 Å². The minimum atomic E-state index is -0.0623. The molecule has 0 spiro atoms. The number of para-hydroxylation sites is 2. The van der Waals surface area contributed by atoms with Crippen molar-refractivity contribution in [1.82, 2.24) is 0 Å². The second-order valence-corrected chi connectivity index (χ2v) is 6.27. The Morgan fingerprint density at radius 1 is 1.21 bits per heavy atom. The summed E-state index contributed by atoms with van der Waals surface area (Å²) in [7, 11) is 0. The van der Waals surface area contributed by atoms with Crippen LogP contribution in [-0.4, -0.2) is 17.6 Å². The van der Waals surface area contributed by atoms with E-state index >= 15 is 0 Å². The molecule has 2 N–H and O–H groups in total. The molecule has 0 unspecified atom stereocenters. The Hall–Kier alpha value is -2.40. The summed E-state index contributed by atoms with van der Waals surface area (Å²) >= 11 is 5.52. The zero-order chi connectivity index (χ0) is 16.9. The molecule has 3 rings (SSSR count). The van der Waals surface area contributed by atoms with E-state index in [0.717, 1.165) is 23.5 Å². The van der Waals surface area contributed by atoms with Gasteiger partial charge in [-0.15, -0.1) is 0 Å². The van der Waals surface area contributed by atoms with Gasteiger partial charge < -0.3 is 15.5 Å². The second kappa shape index (κ2) is 7.45. The van der Waals surface area contributed by atoms with E-state index in [-0.39, 0.29) is 12.5 Å². The zero-order valence-corrected chi connectivity index (χ0v) is 14.5. The third-order valence-corrected chi connectivity index (χ3v) is 4.36. The highest BCUT2D eigenvalue weighted by Gasteiger charge is 2.24. The summed E-state index contributed by atoms with van der Waals surface area (Å²) in [5, 5.41) is 6.63. The lowest BCUT2D eigenvalue weighted by Gasteiger charge is -2.31. The molecule has 1 aliphatic rings. The number of nitrogens with one attached hydrogen (secondary N) is 2. The number of carbonyl (C=O) groups excluding carboxylic acids is 1. The minimum absolute atomic E-state index is 0.0623. The minimum Gasteiger partial charge on any atom is -0.332 e. The molecule has 24 heavy (non-hydrogen) atoms. The summed E-state index contributed by atoms with van der Waals surface area (Å²) in [6.07, 6.45) is 3.49. The number of aryl methyl sites for hydroxylation is 1. The van der Waals surface area contributed by atoms with E-state index in [1.54, 1.807) is 0 Å². The van der Waals surface area contributed by atoms with E-state index in [9.17, 15) is 4.79 Å². The number of benzene rings is 2. The first-order valence-corrected chi connectivity index (χ1v) is 8.64. The molecule has 0 fully saturated rings. The van der Waals surface area contributed by atoms with Gasteiger partial charge in [0, 0.05) is 5.69 Å². The molecule has 0 saturated heterocycles. The summed E-state index contributed by atoms with van der Waals surface area (Å²) in [6, 6.07) is 16.0. The quantitative estimate of drug-likeness (QED) is 0.820. The van der Waals surface area contributed by atoms with Crippen LogP contribution in [0.3, 0.4) is 0 Å². The van der Waals surface area contributed by atoms with Crippen LogP contribution >= 0.6 is 12.2 Å². The van der Waals surface area contributed by atoms with Gasteiger partial charge in [-0.25, -0.2) is 0 Å². The summed E-state index contributed by atoms with van der Waals surface area (Å²) in [4.78, 5) is 13.7. The van der Waals surface area contributed by atoms with Crippen LogP contribution in [0.1, 0.15) is 25.3 Å². The van der Waals surface area contributed by atoms with Crippen LogP contribution in [0.4, 0.5) is 17.1 Å².